The van der Waals surface area contributed by atoms with Crippen LogP contribution < -0.4 is 5.32 Å². The summed E-state index contributed by atoms with van der Waals surface area (Å²) in [6.07, 6.45) is 9.70. The maximum absolute atomic E-state index is 3.73. The van der Waals surface area contributed by atoms with Gasteiger partial charge < -0.3 is 5.32 Å². The van der Waals surface area contributed by atoms with E-state index in [4.69, 9.17) is 0 Å². The second-order valence-corrected chi connectivity index (χ2v) is 6.71. The molecule has 3 nitrogen and oxygen atoms in total. The Morgan fingerprint density at radius 1 is 1.00 bits per heavy atom. The molecule has 1 heterocycles. The van der Waals surface area contributed by atoms with Crippen LogP contribution in [0.5, 0.6) is 0 Å². The van der Waals surface area contributed by atoms with Crippen molar-refractivity contribution in [2.24, 2.45) is 0 Å². The molecule has 1 saturated heterocycles. The molecule has 20 heavy (non-hydrogen) atoms. The van der Waals surface area contributed by atoms with E-state index in [9.17, 15) is 0 Å². The zero-order valence-corrected chi connectivity index (χ0v) is 13.7. The van der Waals surface area contributed by atoms with Crippen LogP contribution in [0.1, 0.15) is 58.8 Å². The molecule has 0 aromatic rings. The molecule has 0 bridgehead atoms. The fourth-order valence-corrected chi connectivity index (χ4v) is 3.85. The van der Waals surface area contributed by atoms with Crippen LogP contribution in [0.15, 0.2) is 0 Å². The van der Waals surface area contributed by atoms with Gasteiger partial charge in [0.1, 0.15) is 0 Å². The van der Waals surface area contributed by atoms with E-state index in [-0.39, 0.29) is 0 Å². The first-order valence-corrected chi connectivity index (χ1v) is 9.03. The zero-order valence-electron chi connectivity index (χ0n) is 13.7. The summed E-state index contributed by atoms with van der Waals surface area (Å²) in [4.78, 5) is 5.45. The first-order chi connectivity index (χ1) is 9.83. The Hall–Kier alpha value is -0.120. The van der Waals surface area contributed by atoms with Gasteiger partial charge in [0.15, 0.2) is 0 Å². The third-order valence-electron chi connectivity index (χ3n) is 5.05. The molecule has 1 N–H and O–H groups in total. The molecule has 0 aromatic heterocycles. The number of piperazine rings is 1. The van der Waals surface area contributed by atoms with Crippen LogP contribution in [-0.4, -0.2) is 61.2 Å². The lowest BCUT2D eigenvalue weighted by Crippen LogP contribution is -2.52. The van der Waals surface area contributed by atoms with Crippen molar-refractivity contribution in [3.8, 4) is 0 Å². The van der Waals surface area contributed by atoms with Crippen molar-refractivity contribution in [3.63, 3.8) is 0 Å². The van der Waals surface area contributed by atoms with Gasteiger partial charge in [-0.2, -0.15) is 0 Å². The molecule has 2 rings (SSSR count). The van der Waals surface area contributed by atoms with Crippen molar-refractivity contribution in [2.75, 3.05) is 39.3 Å². The average molecular weight is 281 g/mol. The highest BCUT2D eigenvalue weighted by atomic mass is 15.3. The lowest BCUT2D eigenvalue weighted by molar-refractivity contribution is 0.0906. The molecule has 1 unspecified atom stereocenters. The molecule has 3 heteroatoms. The van der Waals surface area contributed by atoms with E-state index in [1.807, 2.05) is 0 Å². The number of nitrogens with zero attached hydrogens (tertiary/aromatic N) is 2. The third-order valence-corrected chi connectivity index (χ3v) is 5.05. The molecule has 1 saturated carbocycles. The quantitative estimate of drug-likeness (QED) is 0.738. The average Bonchev–Trinajstić information content (AvgIpc) is 3.00. The van der Waals surface area contributed by atoms with Crippen molar-refractivity contribution < 1.29 is 0 Å². The normalized spacial score (nSPS) is 24.3. The molecule has 0 amide bonds. The summed E-state index contributed by atoms with van der Waals surface area (Å²) < 4.78 is 0. The van der Waals surface area contributed by atoms with Crippen molar-refractivity contribution >= 4 is 0 Å². The van der Waals surface area contributed by atoms with E-state index in [0.717, 1.165) is 6.04 Å². The minimum atomic E-state index is 0.706. The smallest absolute Gasteiger partial charge is 0.0194 e. The van der Waals surface area contributed by atoms with Crippen LogP contribution in [0, 0.1) is 0 Å². The minimum Gasteiger partial charge on any atom is -0.313 e. The predicted molar refractivity (Wildman–Crippen MR) is 87.3 cm³/mol. The Balaban J connectivity index is 1.68. The van der Waals surface area contributed by atoms with Gasteiger partial charge in [0.25, 0.3) is 0 Å². The zero-order chi connectivity index (χ0) is 14.2. The van der Waals surface area contributed by atoms with Gasteiger partial charge in [-0.05, 0) is 32.2 Å². The summed E-state index contributed by atoms with van der Waals surface area (Å²) in [7, 11) is 0. The molecule has 1 aliphatic carbocycles. The molecule has 0 spiro atoms. The molecule has 0 radical (unpaired) electrons. The van der Waals surface area contributed by atoms with Crippen molar-refractivity contribution in [2.45, 2.75) is 70.9 Å². The van der Waals surface area contributed by atoms with Crippen LogP contribution >= 0.6 is 0 Å². The Labute approximate surface area is 126 Å². The van der Waals surface area contributed by atoms with Gasteiger partial charge in [-0.25, -0.2) is 0 Å². The monoisotopic (exact) mass is 281 g/mol. The summed E-state index contributed by atoms with van der Waals surface area (Å²) in [5, 5.41) is 3.73. The molecule has 118 valence electrons. The van der Waals surface area contributed by atoms with Gasteiger partial charge in [0, 0.05) is 44.8 Å². The molecule has 1 aliphatic heterocycles. The maximum Gasteiger partial charge on any atom is 0.0194 e. The number of nitrogens with one attached hydrogen (secondary N) is 1. The number of hydrogen-bond donors (Lipinski definition) is 1. The van der Waals surface area contributed by atoms with Gasteiger partial charge in [0.2, 0.25) is 0 Å². The highest BCUT2D eigenvalue weighted by Crippen LogP contribution is 2.24. The standard InChI is InChI=1S/C17H35N3/c1-3-7-16(18-10-4-2)15-19-11-13-20(14-12-19)17-8-5-6-9-17/h16-18H,3-15H2,1-2H3. The van der Waals surface area contributed by atoms with Crippen molar-refractivity contribution in [1.29, 1.82) is 0 Å². The van der Waals surface area contributed by atoms with Crippen molar-refractivity contribution in [1.82, 2.24) is 15.1 Å². The fourth-order valence-electron chi connectivity index (χ4n) is 3.85. The summed E-state index contributed by atoms with van der Waals surface area (Å²) in [6, 6.07) is 1.62. The summed E-state index contributed by atoms with van der Waals surface area (Å²) in [5.74, 6) is 0. The molecule has 2 aliphatic rings. The van der Waals surface area contributed by atoms with Gasteiger partial charge in [-0.1, -0.05) is 33.1 Å². The lowest BCUT2D eigenvalue weighted by atomic mass is 10.1. The van der Waals surface area contributed by atoms with E-state index in [1.54, 1.807) is 0 Å². The SMILES string of the molecule is CCCNC(CCC)CN1CCN(C2CCCC2)CC1. The van der Waals surface area contributed by atoms with E-state index in [2.05, 4.69) is 29.0 Å². The molecular weight excluding hydrogens is 246 g/mol. The second-order valence-electron chi connectivity index (χ2n) is 6.71. The Morgan fingerprint density at radius 3 is 2.30 bits per heavy atom. The third kappa shape index (κ3) is 5.01. The topological polar surface area (TPSA) is 18.5 Å². The summed E-state index contributed by atoms with van der Waals surface area (Å²) in [5.41, 5.74) is 0. The molecular formula is C17H35N3. The van der Waals surface area contributed by atoms with E-state index in [0.29, 0.717) is 6.04 Å². The van der Waals surface area contributed by atoms with Crippen LogP contribution in [0.4, 0.5) is 0 Å². The summed E-state index contributed by atoms with van der Waals surface area (Å²) >= 11 is 0. The predicted octanol–water partition coefficient (Wildman–Crippen LogP) is 2.71. The van der Waals surface area contributed by atoms with Gasteiger partial charge >= 0.3 is 0 Å². The van der Waals surface area contributed by atoms with Crippen LogP contribution in [0.3, 0.4) is 0 Å². The number of rotatable bonds is 8. The fraction of sp³-hybridized carbons (Fsp3) is 1.00. The van der Waals surface area contributed by atoms with Crippen LogP contribution in [0.25, 0.3) is 0 Å². The second kappa shape index (κ2) is 9.01. The van der Waals surface area contributed by atoms with E-state index < -0.39 is 0 Å². The summed E-state index contributed by atoms with van der Waals surface area (Å²) in [6.45, 7) is 12.2. The maximum atomic E-state index is 3.73. The number of hydrogen-bond acceptors (Lipinski definition) is 3. The van der Waals surface area contributed by atoms with Crippen LogP contribution in [0.2, 0.25) is 0 Å². The molecule has 1 atom stereocenters. The van der Waals surface area contributed by atoms with E-state index >= 15 is 0 Å². The highest BCUT2D eigenvalue weighted by Gasteiger charge is 2.26. The van der Waals surface area contributed by atoms with Crippen molar-refractivity contribution in [3.05, 3.63) is 0 Å². The van der Waals surface area contributed by atoms with Gasteiger partial charge in [0.05, 0.1) is 0 Å². The Kier molecular flexibility index (Phi) is 7.32. The lowest BCUT2D eigenvalue weighted by Gasteiger charge is -2.39. The minimum absolute atomic E-state index is 0.706. The molecule has 0 aromatic carbocycles. The van der Waals surface area contributed by atoms with Gasteiger partial charge in [-0.15, -0.1) is 0 Å². The Morgan fingerprint density at radius 2 is 1.70 bits per heavy atom. The van der Waals surface area contributed by atoms with Gasteiger partial charge in [-0.3, -0.25) is 9.80 Å². The van der Waals surface area contributed by atoms with E-state index in [1.165, 1.54) is 84.2 Å². The van der Waals surface area contributed by atoms with Crippen LogP contribution in [-0.2, 0) is 0 Å². The highest BCUT2D eigenvalue weighted by molar-refractivity contribution is 4.83. The largest absolute Gasteiger partial charge is 0.313 e. The Bertz CT molecular complexity index is 243. The molecule has 2 fully saturated rings. The first-order valence-electron chi connectivity index (χ1n) is 9.03. The first kappa shape index (κ1) is 16.3.